The molecule has 7 heteroatoms. The van der Waals surface area contributed by atoms with E-state index in [-0.39, 0.29) is 6.61 Å². The van der Waals surface area contributed by atoms with Crippen LogP contribution in [0.5, 0.6) is 11.5 Å². The lowest BCUT2D eigenvalue weighted by Gasteiger charge is -2.10. The van der Waals surface area contributed by atoms with Crippen molar-refractivity contribution in [2.45, 2.75) is 6.92 Å². The summed E-state index contributed by atoms with van der Waals surface area (Å²) < 4.78 is 10.4. The summed E-state index contributed by atoms with van der Waals surface area (Å²) in [6, 6.07) is 13.3. The van der Waals surface area contributed by atoms with Gasteiger partial charge in [-0.25, -0.2) is 0 Å². The lowest BCUT2D eigenvalue weighted by atomic mass is 10.1. The molecule has 0 bridgehead atoms. The molecule has 0 radical (unpaired) electrons. The Morgan fingerprint density at radius 2 is 1.84 bits per heavy atom. The molecule has 0 unspecified atom stereocenters. The van der Waals surface area contributed by atoms with E-state index in [1.54, 1.807) is 42.5 Å². The Labute approximate surface area is 145 Å². The van der Waals surface area contributed by atoms with Gasteiger partial charge < -0.3 is 9.47 Å². The number of benzene rings is 2. The minimum atomic E-state index is -0.517. The van der Waals surface area contributed by atoms with Gasteiger partial charge in [-0.2, -0.15) is 5.26 Å². The van der Waals surface area contributed by atoms with Crippen molar-refractivity contribution >= 4 is 11.8 Å². The minimum absolute atomic E-state index is 0.274. The largest absolute Gasteiger partial charge is 0.496 e. The highest BCUT2D eigenvalue weighted by molar-refractivity contribution is 5.95. The zero-order valence-electron chi connectivity index (χ0n) is 13.8. The van der Waals surface area contributed by atoms with Crippen molar-refractivity contribution in [2.24, 2.45) is 0 Å². The van der Waals surface area contributed by atoms with Gasteiger partial charge in [0.1, 0.15) is 11.5 Å². The number of rotatable bonds is 5. The second kappa shape index (κ2) is 8.36. The van der Waals surface area contributed by atoms with Crippen LogP contribution >= 0.6 is 0 Å². The molecule has 25 heavy (non-hydrogen) atoms. The van der Waals surface area contributed by atoms with Crippen LogP contribution in [-0.2, 0) is 4.79 Å². The number of hydrazine groups is 1. The fourth-order valence-electron chi connectivity index (χ4n) is 1.97. The molecule has 0 aliphatic carbocycles. The first-order valence-corrected chi connectivity index (χ1v) is 7.40. The topological polar surface area (TPSA) is 100 Å². The molecule has 0 aliphatic rings. The first-order valence-electron chi connectivity index (χ1n) is 7.40. The normalized spacial score (nSPS) is 9.64. The van der Waals surface area contributed by atoms with Crippen LogP contribution in [0, 0.1) is 18.3 Å². The highest BCUT2D eigenvalue weighted by atomic mass is 16.5. The van der Waals surface area contributed by atoms with Crippen LogP contribution in [0.4, 0.5) is 0 Å². The Kier molecular flexibility index (Phi) is 5.96. The van der Waals surface area contributed by atoms with Crippen molar-refractivity contribution in [3.63, 3.8) is 0 Å². The molecule has 0 spiro atoms. The van der Waals surface area contributed by atoms with Crippen LogP contribution in [0.1, 0.15) is 21.5 Å². The van der Waals surface area contributed by atoms with Crippen LogP contribution in [-0.4, -0.2) is 25.5 Å². The lowest BCUT2D eigenvalue weighted by Crippen LogP contribution is -2.43. The second-order valence-corrected chi connectivity index (χ2v) is 5.11. The number of hydrogen-bond donors (Lipinski definition) is 2. The lowest BCUT2D eigenvalue weighted by molar-refractivity contribution is -0.123. The molecular formula is C18H17N3O4. The number of aryl methyl sites for hydroxylation is 1. The number of hydrogen-bond acceptors (Lipinski definition) is 5. The molecule has 0 saturated carbocycles. The Balaban J connectivity index is 1.82. The molecule has 2 amide bonds. The van der Waals surface area contributed by atoms with E-state index in [4.69, 9.17) is 14.7 Å². The molecule has 0 atom stereocenters. The summed E-state index contributed by atoms with van der Waals surface area (Å²) in [6.45, 7) is 1.59. The summed E-state index contributed by atoms with van der Waals surface area (Å²) in [6.07, 6.45) is 0. The van der Waals surface area contributed by atoms with Crippen molar-refractivity contribution in [1.29, 1.82) is 5.26 Å². The van der Waals surface area contributed by atoms with Crippen LogP contribution in [0.3, 0.4) is 0 Å². The third-order valence-corrected chi connectivity index (χ3v) is 3.34. The third-order valence-electron chi connectivity index (χ3n) is 3.34. The number of carbonyl (C=O) groups excluding carboxylic acids is 2. The van der Waals surface area contributed by atoms with Gasteiger partial charge in [0.05, 0.1) is 18.7 Å². The van der Waals surface area contributed by atoms with E-state index in [1.807, 2.05) is 13.0 Å². The van der Waals surface area contributed by atoms with Crippen LogP contribution in [0.15, 0.2) is 42.5 Å². The average Bonchev–Trinajstić information content (AvgIpc) is 2.65. The molecule has 7 nitrogen and oxygen atoms in total. The Bertz CT molecular complexity index is 810. The molecule has 2 aromatic rings. The van der Waals surface area contributed by atoms with E-state index >= 15 is 0 Å². The monoisotopic (exact) mass is 339 g/mol. The molecule has 0 fully saturated rings. The molecule has 2 rings (SSSR count). The van der Waals surface area contributed by atoms with Gasteiger partial charge in [0.15, 0.2) is 6.61 Å². The number of methoxy groups -OCH3 is 1. The predicted molar refractivity (Wildman–Crippen MR) is 90.0 cm³/mol. The molecule has 128 valence electrons. The van der Waals surface area contributed by atoms with Crippen molar-refractivity contribution in [2.75, 3.05) is 13.7 Å². The molecule has 0 aliphatic heterocycles. The van der Waals surface area contributed by atoms with Crippen molar-refractivity contribution in [3.05, 3.63) is 59.2 Å². The smallest absolute Gasteiger partial charge is 0.276 e. The van der Waals surface area contributed by atoms with Crippen LogP contribution in [0.2, 0.25) is 0 Å². The zero-order valence-corrected chi connectivity index (χ0v) is 13.8. The van der Waals surface area contributed by atoms with Gasteiger partial charge in [-0.15, -0.1) is 0 Å². The molecule has 0 heterocycles. The van der Waals surface area contributed by atoms with Gasteiger partial charge in [-0.1, -0.05) is 6.07 Å². The maximum atomic E-state index is 12.0. The van der Waals surface area contributed by atoms with Crippen LogP contribution in [0.25, 0.3) is 0 Å². The van der Waals surface area contributed by atoms with E-state index in [0.717, 1.165) is 5.56 Å². The average molecular weight is 339 g/mol. The van der Waals surface area contributed by atoms with Crippen LogP contribution < -0.4 is 20.3 Å². The molecule has 0 aromatic heterocycles. The maximum Gasteiger partial charge on any atom is 0.276 e. The number of nitrogens with one attached hydrogen (secondary N) is 2. The Morgan fingerprint density at radius 1 is 1.12 bits per heavy atom. The second-order valence-electron chi connectivity index (χ2n) is 5.11. The minimum Gasteiger partial charge on any atom is -0.496 e. The van der Waals surface area contributed by atoms with E-state index in [9.17, 15) is 9.59 Å². The summed E-state index contributed by atoms with van der Waals surface area (Å²) in [5.41, 5.74) is 6.33. The fraction of sp³-hybridized carbons (Fsp3) is 0.167. The van der Waals surface area contributed by atoms with Gasteiger partial charge in [0.2, 0.25) is 0 Å². The van der Waals surface area contributed by atoms with Gasteiger partial charge in [-0.05, 0) is 48.9 Å². The number of nitriles is 1. The maximum absolute atomic E-state index is 12.0. The van der Waals surface area contributed by atoms with Crippen molar-refractivity contribution in [3.8, 4) is 17.6 Å². The van der Waals surface area contributed by atoms with Gasteiger partial charge in [0.25, 0.3) is 11.8 Å². The Hall–Kier alpha value is -3.53. The number of amides is 2. The summed E-state index contributed by atoms with van der Waals surface area (Å²) >= 11 is 0. The first-order chi connectivity index (χ1) is 12.0. The zero-order chi connectivity index (χ0) is 18.2. The summed E-state index contributed by atoms with van der Waals surface area (Å²) in [7, 11) is 1.52. The standard InChI is InChI=1S/C18H17N3O4/c1-12-3-6-14(9-16(12)24-2)18(23)21-20-17(22)11-25-15-7-4-13(10-19)5-8-15/h3-9H,11H2,1-2H3,(H,20,22)(H,21,23). The highest BCUT2D eigenvalue weighted by Crippen LogP contribution is 2.18. The third kappa shape index (κ3) is 4.97. The van der Waals surface area contributed by atoms with Gasteiger partial charge in [-0.3, -0.25) is 20.4 Å². The van der Waals surface area contributed by atoms with Crippen molar-refractivity contribution < 1.29 is 19.1 Å². The van der Waals surface area contributed by atoms with E-state index in [0.29, 0.717) is 22.6 Å². The van der Waals surface area contributed by atoms with E-state index in [1.165, 1.54) is 7.11 Å². The van der Waals surface area contributed by atoms with Crippen molar-refractivity contribution in [1.82, 2.24) is 10.9 Å². The predicted octanol–water partition coefficient (Wildman–Crippen LogP) is 1.72. The molecular weight excluding hydrogens is 322 g/mol. The Morgan fingerprint density at radius 3 is 2.48 bits per heavy atom. The van der Waals surface area contributed by atoms with Gasteiger partial charge in [0, 0.05) is 5.56 Å². The number of carbonyl (C=O) groups is 2. The number of ether oxygens (including phenoxy) is 2. The van der Waals surface area contributed by atoms with E-state index < -0.39 is 11.8 Å². The first kappa shape index (κ1) is 17.8. The molecule has 2 N–H and O–H groups in total. The summed E-state index contributed by atoms with van der Waals surface area (Å²) in [4.78, 5) is 23.7. The highest BCUT2D eigenvalue weighted by Gasteiger charge is 2.10. The summed E-state index contributed by atoms with van der Waals surface area (Å²) in [5, 5.41) is 8.71. The molecule has 0 saturated heterocycles. The fourth-order valence-corrected chi connectivity index (χ4v) is 1.97. The quantitative estimate of drug-likeness (QED) is 0.808. The SMILES string of the molecule is COc1cc(C(=O)NNC(=O)COc2ccc(C#N)cc2)ccc1C. The summed E-state index contributed by atoms with van der Waals surface area (Å²) in [5.74, 6) is 0.0497. The molecule has 2 aromatic carbocycles. The van der Waals surface area contributed by atoms with Gasteiger partial charge >= 0.3 is 0 Å². The number of nitrogens with zero attached hydrogens (tertiary/aromatic N) is 1. The van der Waals surface area contributed by atoms with E-state index in [2.05, 4.69) is 10.9 Å².